The zero-order valence-electron chi connectivity index (χ0n) is 18.0. The lowest BCUT2D eigenvalue weighted by Gasteiger charge is -2.29. The summed E-state index contributed by atoms with van der Waals surface area (Å²) in [6.07, 6.45) is 0. The fourth-order valence-corrected chi connectivity index (χ4v) is 4.35. The highest BCUT2D eigenvalue weighted by molar-refractivity contribution is 6.30. The minimum absolute atomic E-state index is 0.0101. The van der Waals surface area contributed by atoms with Crippen LogP contribution in [0.1, 0.15) is 36.0 Å². The number of carbonyl (C=O) groups excluding carboxylic acids is 2. The van der Waals surface area contributed by atoms with Crippen molar-refractivity contribution in [2.24, 2.45) is 0 Å². The van der Waals surface area contributed by atoms with Gasteiger partial charge in [-0.25, -0.2) is 0 Å². The first-order chi connectivity index (χ1) is 15.4. The number of aliphatic hydroxyl groups is 1. The summed E-state index contributed by atoms with van der Waals surface area (Å²) in [6.45, 7) is 6.76. The molecular weight excluding hydrogens is 428 g/mol. The van der Waals surface area contributed by atoms with Gasteiger partial charge in [-0.2, -0.15) is 0 Å². The molecular formula is C25H25ClN2O4. The summed E-state index contributed by atoms with van der Waals surface area (Å²) in [4.78, 5) is 30.3. The van der Waals surface area contributed by atoms with Crippen LogP contribution in [0.4, 0.5) is 0 Å². The molecule has 2 heterocycles. The molecule has 6 nitrogen and oxygen atoms in total. The first kappa shape index (κ1) is 22.1. The highest BCUT2D eigenvalue weighted by Crippen LogP contribution is 2.40. The van der Waals surface area contributed by atoms with Gasteiger partial charge in [0.1, 0.15) is 5.58 Å². The van der Waals surface area contributed by atoms with Gasteiger partial charge < -0.3 is 19.3 Å². The van der Waals surface area contributed by atoms with Crippen LogP contribution < -0.4 is 0 Å². The quantitative estimate of drug-likeness (QED) is 0.486. The van der Waals surface area contributed by atoms with Gasteiger partial charge in [-0.05, 0) is 42.9 Å². The van der Waals surface area contributed by atoms with Crippen LogP contribution in [-0.4, -0.2) is 52.8 Å². The minimum atomic E-state index is -0.752. The van der Waals surface area contributed by atoms with Gasteiger partial charge in [0.15, 0.2) is 11.5 Å². The van der Waals surface area contributed by atoms with Gasteiger partial charge in [0.2, 0.25) is 5.78 Å². The van der Waals surface area contributed by atoms with Gasteiger partial charge in [-0.1, -0.05) is 55.8 Å². The van der Waals surface area contributed by atoms with Crippen molar-refractivity contribution in [2.45, 2.75) is 19.9 Å². The molecule has 0 unspecified atom stereocenters. The van der Waals surface area contributed by atoms with Crippen molar-refractivity contribution >= 4 is 34.3 Å². The van der Waals surface area contributed by atoms with E-state index in [1.165, 1.54) is 4.90 Å². The maximum atomic E-state index is 13.5. The molecule has 0 aliphatic carbocycles. The number of carbonyl (C=O) groups is 2. The Morgan fingerprint density at radius 3 is 2.56 bits per heavy atom. The van der Waals surface area contributed by atoms with Crippen LogP contribution in [-0.2, 0) is 4.79 Å². The van der Waals surface area contributed by atoms with E-state index >= 15 is 0 Å². The lowest BCUT2D eigenvalue weighted by molar-refractivity contribution is -0.129. The van der Waals surface area contributed by atoms with Gasteiger partial charge in [-0.3, -0.25) is 9.59 Å². The lowest BCUT2D eigenvalue weighted by Crippen LogP contribution is -2.38. The zero-order chi connectivity index (χ0) is 22.8. The Hall–Kier alpha value is -3.09. The number of likely N-dealkylation sites (N-methyl/N-ethyl adjacent to an activating group) is 1. The van der Waals surface area contributed by atoms with Crippen molar-refractivity contribution in [1.29, 1.82) is 0 Å². The highest BCUT2D eigenvalue weighted by atomic mass is 35.5. The van der Waals surface area contributed by atoms with E-state index in [1.807, 2.05) is 18.2 Å². The SMILES string of the molecule is CCN(CC)CCN1C(=O)C(O)=C(C(=O)c2cc3ccccc3o2)[C@H]1c1cccc(Cl)c1. The predicted molar refractivity (Wildman–Crippen MR) is 124 cm³/mol. The van der Waals surface area contributed by atoms with Gasteiger partial charge >= 0.3 is 0 Å². The standard InChI is InChI=1S/C25H25ClN2O4/c1-3-27(4-2)12-13-28-22(17-9-7-10-18(26)14-17)21(24(30)25(28)31)23(29)20-15-16-8-5-6-11-19(16)32-20/h5-11,14-15,22,30H,3-4,12-13H2,1-2H3/t22-/m1/s1. The molecule has 0 fully saturated rings. The average Bonchev–Trinajstić information content (AvgIpc) is 3.34. The molecule has 1 aliphatic rings. The van der Waals surface area contributed by atoms with Crippen LogP contribution in [0.2, 0.25) is 5.02 Å². The Morgan fingerprint density at radius 2 is 1.88 bits per heavy atom. The highest BCUT2D eigenvalue weighted by Gasteiger charge is 2.44. The summed E-state index contributed by atoms with van der Waals surface area (Å²) >= 11 is 6.22. The number of amides is 1. The molecule has 1 amide bonds. The summed E-state index contributed by atoms with van der Waals surface area (Å²) in [7, 11) is 0. The Balaban J connectivity index is 1.75. The first-order valence-electron chi connectivity index (χ1n) is 10.7. The van der Waals surface area contributed by atoms with E-state index in [2.05, 4.69) is 18.7 Å². The molecule has 0 bridgehead atoms. The summed E-state index contributed by atoms with van der Waals surface area (Å²) in [5, 5.41) is 12.1. The van der Waals surface area contributed by atoms with Crippen molar-refractivity contribution in [3.63, 3.8) is 0 Å². The molecule has 0 saturated carbocycles. The van der Waals surface area contributed by atoms with Crippen LogP contribution in [0.5, 0.6) is 0 Å². The number of fused-ring (bicyclic) bond motifs is 1. The molecule has 32 heavy (non-hydrogen) atoms. The lowest BCUT2D eigenvalue weighted by atomic mass is 9.95. The topological polar surface area (TPSA) is 74.0 Å². The summed E-state index contributed by atoms with van der Waals surface area (Å²) in [5.41, 5.74) is 1.24. The van der Waals surface area contributed by atoms with E-state index in [0.717, 1.165) is 18.5 Å². The Labute approximate surface area is 191 Å². The number of halogens is 1. The monoisotopic (exact) mass is 452 g/mol. The van der Waals surface area contributed by atoms with Crippen LogP contribution in [0.25, 0.3) is 11.0 Å². The Bertz CT molecular complexity index is 1160. The van der Waals surface area contributed by atoms with Gasteiger partial charge in [0.05, 0.1) is 11.6 Å². The number of nitrogens with zero attached hydrogens (tertiary/aromatic N) is 2. The molecule has 166 valence electrons. The molecule has 7 heteroatoms. The largest absolute Gasteiger partial charge is 0.503 e. The van der Waals surface area contributed by atoms with E-state index < -0.39 is 23.5 Å². The second-order valence-electron chi connectivity index (χ2n) is 7.72. The second-order valence-corrected chi connectivity index (χ2v) is 8.16. The zero-order valence-corrected chi connectivity index (χ0v) is 18.8. The molecule has 1 aliphatic heterocycles. The van der Waals surface area contributed by atoms with Crippen LogP contribution in [0.15, 0.2) is 70.3 Å². The van der Waals surface area contributed by atoms with Gasteiger partial charge in [0.25, 0.3) is 5.91 Å². The summed E-state index contributed by atoms with van der Waals surface area (Å²) < 4.78 is 5.74. The molecule has 1 atom stereocenters. The molecule has 4 rings (SSSR count). The van der Waals surface area contributed by atoms with Crippen LogP contribution in [0, 0.1) is 0 Å². The molecule has 0 spiro atoms. The number of hydrogen-bond acceptors (Lipinski definition) is 5. The van der Waals surface area contributed by atoms with E-state index in [-0.39, 0.29) is 11.3 Å². The number of aliphatic hydroxyl groups excluding tert-OH is 1. The third-order valence-electron chi connectivity index (χ3n) is 5.91. The van der Waals surface area contributed by atoms with E-state index in [4.69, 9.17) is 16.0 Å². The number of benzene rings is 2. The maximum absolute atomic E-state index is 13.5. The number of hydrogen-bond donors (Lipinski definition) is 1. The second kappa shape index (κ2) is 9.18. The third-order valence-corrected chi connectivity index (χ3v) is 6.15. The van der Waals surface area contributed by atoms with E-state index in [0.29, 0.717) is 29.3 Å². The summed E-state index contributed by atoms with van der Waals surface area (Å²) in [6, 6.07) is 15.2. The van der Waals surface area contributed by atoms with Crippen molar-refractivity contribution in [3.8, 4) is 0 Å². The maximum Gasteiger partial charge on any atom is 0.290 e. The number of Topliss-reactive ketones (excluding diaryl/α,β-unsaturated/α-hetero) is 1. The molecule has 3 aromatic rings. The van der Waals surface area contributed by atoms with E-state index in [1.54, 1.807) is 36.4 Å². The summed E-state index contributed by atoms with van der Waals surface area (Å²) in [5.74, 6) is -1.54. The molecule has 0 saturated heterocycles. The Morgan fingerprint density at radius 1 is 1.12 bits per heavy atom. The average molecular weight is 453 g/mol. The van der Waals surface area contributed by atoms with Gasteiger partial charge in [0, 0.05) is 23.5 Å². The van der Waals surface area contributed by atoms with Crippen molar-refractivity contribution in [2.75, 3.05) is 26.2 Å². The number of furan rings is 1. The predicted octanol–water partition coefficient (Wildman–Crippen LogP) is 5.01. The van der Waals surface area contributed by atoms with Gasteiger partial charge in [-0.15, -0.1) is 0 Å². The Kier molecular flexibility index (Phi) is 6.35. The van der Waals surface area contributed by atoms with E-state index in [9.17, 15) is 14.7 Å². The minimum Gasteiger partial charge on any atom is -0.503 e. The first-order valence-corrected chi connectivity index (χ1v) is 11.1. The molecule has 2 aromatic carbocycles. The number of rotatable bonds is 8. The third kappa shape index (κ3) is 4.04. The normalized spacial score (nSPS) is 16.6. The fraction of sp³-hybridized carbons (Fsp3) is 0.280. The number of ketones is 1. The van der Waals surface area contributed by atoms with Crippen molar-refractivity contribution in [1.82, 2.24) is 9.80 Å². The fourth-order valence-electron chi connectivity index (χ4n) is 4.15. The number of para-hydroxylation sites is 1. The molecule has 1 aromatic heterocycles. The molecule has 0 radical (unpaired) electrons. The molecule has 1 N–H and O–H groups in total. The van der Waals surface area contributed by atoms with Crippen LogP contribution >= 0.6 is 11.6 Å². The smallest absolute Gasteiger partial charge is 0.290 e. The van der Waals surface area contributed by atoms with Crippen molar-refractivity contribution < 1.29 is 19.1 Å². The van der Waals surface area contributed by atoms with Crippen LogP contribution in [0.3, 0.4) is 0 Å². The van der Waals surface area contributed by atoms with Crippen molar-refractivity contribution in [3.05, 3.63) is 82.3 Å².